The van der Waals surface area contributed by atoms with Crippen LogP contribution < -0.4 is 9.47 Å². The van der Waals surface area contributed by atoms with E-state index in [1.165, 1.54) is 30.9 Å². The fourth-order valence-corrected chi connectivity index (χ4v) is 4.66. The molecule has 2 aromatic carbocycles. The van der Waals surface area contributed by atoms with E-state index in [4.69, 9.17) is 9.47 Å². The first-order valence-electron chi connectivity index (χ1n) is 10.0. The van der Waals surface area contributed by atoms with Gasteiger partial charge in [-0.1, -0.05) is 18.2 Å². The monoisotopic (exact) mass is 393 g/mol. The SMILES string of the molecule is COc1ccc(C2=C(c3cccc(OC(C)=O)c3)CN3CCC[C@@]3(C)C2)cc1O. The van der Waals surface area contributed by atoms with Gasteiger partial charge in [-0.25, -0.2) is 0 Å². The van der Waals surface area contributed by atoms with Crippen LogP contribution in [0.5, 0.6) is 17.2 Å². The second kappa shape index (κ2) is 7.56. The lowest BCUT2D eigenvalue weighted by molar-refractivity contribution is -0.131. The van der Waals surface area contributed by atoms with E-state index in [0.29, 0.717) is 11.5 Å². The second-order valence-electron chi connectivity index (χ2n) is 8.16. The molecule has 1 N–H and O–H groups in total. The summed E-state index contributed by atoms with van der Waals surface area (Å²) in [5, 5.41) is 10.4. The molecule has 5 heteroatoms. The third-order valence-corrected chi connectivity index (χ3v) is 6.15. The number of nitrogens with zero attached hydrogens (tertiary/aromatic N) is 1. The standard InChI is InChI=1S/C24H27NO4/c1-16(26)29-19-7-4-6-17(12-19)21-15-25-11-5-10-24(25,2)14-20(21)18-8-9-23(28-3)22(27)13-18/h4,6-9,12-13,27H,5,10-11,14-15H2,1-3H3/t24-/m0/s1. The van der Waals surface area contributed by atoms with Crippen molar-refractivity contribution in [3.8, 4) is 17.2 Å². The number of phenolic OH excluding ortho intramolecular Hbond substituents is 1. The van der Waals surface area contributed by atoms with Crippen LogP contribution in [-0.4, -0.2) is 41.7 Å². The van der Waals surface area contributed by atoms with Crippen LogP contribution in [0.4, 0.5) is 0 Å². The number of methoxy groups -OCH3 is 1. The number of benzene rings is 2. The summed E-state index contributed by atoms with van der Waals surface area (Å²) in [7, 11) is 1.55. The van der Waals surface area contributed by atoms with Crippen LogP contribution in [0.3, 0.4) is 0 Å². The molecular formula is C24H27NO4. The molecule has 152 valence electrons. The molecule has 0 unspecified atom stereocenters. The summed E-state index contributed by atoms with van der Waals surface area (Å²) < 4.78 is 10.5. The van der Waals surface area contributed by atoms with Gasteiger partial charge in [0.15, 0.2) is 11.5 Å². The van der Waals surface area contributed by atoms with E-state index in [9.17, 15) is 9.90 Å². The van der Waals surface area contributed by atoms with Crippen molar-refractivity contribution >= 4 is 17.1 Å². The summed E-state index contributed by atoms with van der Waals surface area (Å²) in [6.07, 6.45) is 3.27. The van der Waals surface area contributed by atoms with E-state index in [0.717, 1.165) is 30.6 Å². The lowest BCUT2D eigenvalue weighted by Crippen LogP contribution is -2.45. The van der Waals surface area contributed by atoms with Crippen molar-refractivity contribution in [1.29, 1.82) is 0 Å². The van der Waals surface area contributed by atoms with Gasteiger partial charge in [0.2, 0.25) is 0 Å². The molecular weight excluding hydrogens is 366 g/mol. The van der Waals surface area contributed by atoms with E-state index >= 15 is 0 Å². The molecule has 5 nitrogen and oxygen atoms in total. The van der Waals surface area contributed by atoms with E-state index in [1.807, 2.05) is 24.3 Å². The highest BCUT2D eigenvalue weighted by atomic mass is 16.5. The minimum absolute atomic E-state index is 0.127. The lowest BCUT2D eigenvalue weighted by Gasteiger charge is -2.42. The number of ether oxygens (including phenoxy) is 2. The third-order valence-electron chi connectivity index (χ3n) is 6.15. The molecule has 0 aliphatic carbocycles. The first kappa shape index (κ1) is 19.5. The normalized spacial score (nSPS) is 21.8. The molecule has 0 aromatic heterocycles. The molecule has 1 saturated heterocycles. The number of carbonyl (C=O) groups is 1. The van der Waals surface area contributed by atoms with Gasteiger partial charge < -0.3 is 14.6 Å². The van der Waals surface area contributed by atoms with E-state index in [-0.39, 0.29) is 17.3 Å². The van der Waals surface area contributed by atoms with E-state index in [2.05, 4.69) is 17.9 Å². The maximum atomic E-state index is 11.4. The first-order valence-corrected chi connectivity index (χ1v) is 10.0. The zero-order valence-electron chi connectivity index (χ0n) is 17.2. The number of hydrogen-bond donors (Lipinski definition) is 1. The van der Waals surface area contributed by atoms with Crippen molar-refractivity contribution < 1.29 is 19.4 Å². The van der Waals surface area contributed by atoms with E-state index in [1.54, 1.807) is 19.2 Å². The van der Waals surface area contributed by atoms with Crippen molar-refractivity contribution in [3.63, 3.8) is 0 Å². The van der Waals surface area contributed by atoms with Gasteiger partial charge in [-0.3, -0.25) is 9.69 Å². The smallest absolute Gasteiger partial charge is 0.308 e. The predicted molar refractivity (Wildman–Crippen MR) is 113 cm³/mol. The Morgan fingerprint density at radius 1 is 1.14 bits per heavy atom. The van der Waals surface area contributed by atoms with Gasteiger partial charge in [-0.15, -0.1) is 0 Å². The van der Waals surface area contributed by atoms with Gasteiger partial charge >= 0.3 is 5.97 Å². The van der Waals surface area contributed by atoms with Crippen molar-refractivity contribution in [2.24, 2.45) is 0 Å². The molecule has 0 bridgehead atoms. The van der Waals surface area contributed by atoms with Crippen molar-refractivity contribution in [3.05, 3.63) is 53.6 Å². The average molecular weight is 393 g/mol. The van der Waals surface area contributed by atoms with E-state index < -0.39 is 0 Å². The van der Waals surface area contributed by atoms with Crippen LogP contribution >= 0.6 is 0 Å². The predicted octanol–water partition coefficient (Wildman–Crippen LogP) is 4.50. The third kappa shape index (κ3) is 3.75. The minimum Gasteiger partial charge on any atom is -0.504 e. The molecule has 2 heterocycles. The lowest BCUT2D eigenvalue weighted by atomic mass is 9.79. The summed E-state index contributed by atoms with van der Waals surface area (Å²) >= 11 is 0. The molecule has 0 radical (unpaired) electrons. The van der Waals surface area contributed by atoms with Gasteiger partial charge in [0, 0.05) is 19.0 Å². The van der Waals surface area contributed by atoms with Crippen LogP contribution in [-0.2, 0) is 4.79 Å². The number of carbonyl (C=O) groups excluding carboxylic acids is 1. The molecule has 1 atom stereocenters. The van der Waals surface area contributed by atoms with Crippen molar-refractivity contribution in [2.75, 3.05) is 20.2 Å². The van der Waals surface area contributed by atoms with Crippen molar-refractivity contribution in [2.45, 2.75) is 38.6 Å². The number of hydrogen-bond acceptors (Lipinski definition) is 5. The van der Waals surface area contributed by atoms with Crippen LogP contribution in [0.2, 0.25) is 0 Å². The van der Waals surface area contributed by atoms with Crippen molar-refractivity contribution in [1.82, 2.24) is 4.90 Å². The zero-order chi connectivity index (χ0) is 20.6. The number of rotatable bonds is 4. The minimum atomic E-state index is -0.327. The van der Waals surface area contributed by atoms with Crippen LogP contribution in [0.25, 0.3) is 11.1 Å². The summed E-state index contributed by atoms with van der Waals surface area (Å²) in [4.78, 5) is 13.9. The van der Waals surface area contributed by atoms with Crippen LogP contribution in [0, 0.1) is 0 Å². The fourth-order valence-electron chi connectivity index (χ4n) is 4.66. The topological polar surface area (TPSA) is 59.0 Å². The molecule has 0 spiro atoms. The second-order valence-corrected chi connectivity index (χ2v) is 8.16. The Morgan fingerprint density at radius 3 is 2.66 bits per heavy atom. The Balaban J connectivity index is 1.83. The van der Waals surface area contributed by atoms with Gasteiger partial charge in [0.1, 0.15) is 5.75 Å². The Labute approximate surface area is 171 Å². The van der Waals surface area contributed by atoms with Gasteiger partial charge in [0.05, 0.1) is 7.11 Å². The molecule has 4 rings (SSSR count). The first-order chi connectivity index (χ1) is 13.9. The largest absolute Gasteiger partial charge is 0.504 e. The molecule has 2 aliphatic rings. The Hall–Kier alpha value is -2.79. The van der Waals surface area contributed by atoms with Gasteiger partial charge in [0.25, 0.3) is 0 Å². The summed E-state index contributed by atoms with van der Waals surface area (Å²) in [5.74, 6) is 0.836. The summed E-state index contributed by atoms with van der Waals surface area (Å²) in [6.45, 7) is 5.66. The highest BCUT2D eigenvalue weighted by molar-refractivity contribution is 5.94. The molecule has 1 fully saturated rings. The maximum Gasteiger partial charge on any atom is 0.308 e. The average Bonchev–Trinajstić information content (AvgIpc) is 3.07. The Bertz CT molecular complexity index is 981. The summed E-state index contributed by atoms with van der Waals surface area (Å²) in [6, 6.07) is 13.3. The number of aromatic hydroxyl groups is 1. The number of fused-ring (bicyclic) bond motifs is 1. The quantitative estimate of drug-likeness (QED) is 0.612. The summed E-state index contributed by atoms with van der Waals surface area (Å²) in [5.41, 5.74) is 4.61. The molecule has 2 aromatic rings. The molecule has 0 saturated carbocycles. The van der Waals surface area contributed by atoms with Gasteiger partial charge in [-0.05, 0) is 79.3 Å². The van der Waals surface area contributed by atoms with Crippen LogP contribution in [0.15, 0.2) is 42.5 Å². The molecule has 0 amide bonds. The zero-order valence-corrected chi connectivity index (χ0v) is 17.2. The number of esters is 1. The van der Waals surface area contributed by atoms with Gasteiger partial charge in [-0.2, -0.15) is 0 Å². The highest BCUT2D eigenvalue weighted by Gasteiger charge is 2.41. The van der Waals surface area contributed by atoms with Crippen LogP contribution in [0.1, 0.15) is 44.2 Å². The molecule has 29 heavy (non-hydrogen) atoms. The number of phenols is 1. The Morgan fingerprint density at radius 2 is 1.93 bits per heavy atom. The fraction of sp³-hybridized carbons (Fsp3) is 0.375. The molecule has 2 aliphatic heterocycles. The maximum absolute atomic E-state index is 11.4. The highest BCUT2D eigenvalue weighted by Crippen LogP contribution is 2.46. The Kier molecular flexibility index (Phi) is 5.09.